The third-order valence-corrected chi connectivity index (χ3v) is 7.52. The van der Waals surface area contributed by atoms with Crippen molar-refractivity contribution in [2.45, 2.75) is 18.3 Å². The summed E-state index contributed by atoms with van der Waals surface area (Å²) in [5.74, 6) is -1.46. The molecule has 0 radical (unpaired) electrons. The highest BCUT2D eigenvalue weighted by Gasteiger charge is 2.31. The zero-order valence-corrected chi connectivity index (χ0v) is 20.2. The molecule has 0 saturated heterocycles. The number of sulfone groups is 1. The monoisotopic (exact) mass is 517 g/mol. The van der Waals surface area contributed by atoms with Crippen LogP contribution >= 0.6 is 23.2 Å². The molecule has 3 aromatic rings. The van der Waals surface area contributed by atoms with E-state index in [1.54, 1.807) is 54.6 Å². The van der Waals surface area contributed by atoms with Gasteiger partial charge in [0.1, 0.15) is 6.04 Å². The van der Waals surface area contributed by atoms with E-state index in [0.717, 1.165) is 5.56 Å². The van der Waals surface area contributed by atoms with Crippen molar-refractivity contribution < 1.29 is 18.0 Å². The maximum absolute atomic E-state index is 12.7. The summed E-state index contributed by atoms with van der Waals surface area (Å²) in [7, 11) is -3.63. The Kier molecular flexibility index (Phi) is 7.11. The molecule has 34 heavy (non-hydrogen) atoms. The third kappa shape index (κ3) is 5.88. The molecule has 0 saturated carbocycles. The summed E-state index contributed by atoms with van der Waals surface area (Å²) < 4.78 is 25.4. The minimum absolute atomic E-state index is 0.266. The lowest BCUT2D eigenvalue weighted by Crippen LogP contribution is -2.43. The fourth-order valence-electron chi connectivity index (χ4n) is 3.56. The average molecular weight is 518 g/mol. The Bertz CT molecular complexity index is 1340. The molecule has 0 unspecified atom stereocenters. The van der Waals surface area contributed by atoms with Crippen LogP contribution < -0.4 is 16.0 Å². The maximum atomic E-state index is 12.7. The number of carbonyl (C=O) groups is 2. The highest BCUT2D eigenvalue weighted by Crippen LogP contribution is 2.29. The minimum Gasteiger partial charge on any atom is -0.371 e. The summed E-state index contributed by atoms with van der Waals surface area (Å²) >= 11 is 11.9. The number of halogens is 2. The van der Waals surface area contributed by atoms with Crippen molar-refractivity contribution in [3.8, 4) is 0 Å². The van der Waals surface area contributed by atoms with E-state index < -0.39 is 27.5 Å². The zero-order valence-electron chi connectivity index (χ0n) is 17.8. The number of hydrogen-bond donors (Lipinski definition) is 3. The van der Waals surface area contributed by atoms with E-state index in [1.165, 1.54) is 0 Å². The van der Waals surface area contributed by atoms with E-state index in [2.05, 4.69) is 16.0 Å². The first-order chi connectivity index (χ1) is 16.2. The normalized spacial score (nSPS) is 15.1. The molecular formula is C24H21Cl2N3O4S. The van der Waals surface area contributed by atoms with Gasteiger partial charge in [-0.25, -0.2) is 8.42 Å². The van der Waals surface area contributed by atoms with Crippen molar-refractivity contribution in [2.75, 3.05) is 16.4 Å². The van der Waals surface area contributed by atoms with E-state index in [9.17, 15) is 18.0 Å². The van der Waals surface area contributed by atoms with Crippen molar-refractivity contribution in [2.24, 2.45) is 0 Å². The van der Waals surface area contributed by atoms with E-state index in [-0.39, 0.29) is 11.7 Å². The first-order valence-corrected chi connectivity index (χ1v) is 13.0. The predicted molar refractivity (Wildman–Crippen MR) is 134 cm³/mol. The average Bonchev–Trinajstić information content (AvgIpc) is 2.80. The second-order valence-corrected chi connectivity index (χ2v) is 10.9. The summed E-state index contributed by atoms with van der Waals surface area (Å²) in [6, 6.07) is 17.6. The van der Waals surface area contributed by atoms with Crippen LogP contribution in [0.2, 0.25) is 10.0 Å². The third-order valence-electron chi connectivity index (χ3n) is 5.31. The van der Waals surface area contributed by atoms with Crippen molar-refractivity contribution in [1.82, 2.24) is 5.32 Å². The first-order valence-electron chi connectivity index (χ1n) is 10.4. The van der Waals surface area contributed by atoms with Crippen LogP contribution in [0.15, 0.2) is 66.7 Å². The largest absolute Gasteiger partial charge is 0.371 e. The van der Waals surface area contributed by atoms with Gasteiger partial charge in [0.25, 0.3) is 5.91 Å². The van der Waals surface area contributed by atoms with Crippen molar-refractivity contribution in [3.05, 3.63) is 93.5 Å². The standard InChI is InChI=1S/C24H21Cl2N3O4S/c25-18-8-5-15(6-9-18)12-27-23(30)16-7-10-20-21(11-16)29-24(31)22(28-20)14-34(32,33)13-17-3-1-2-4-19(17)26/h1-11,22,28H,12-14H2,(H,27,30)(H,29,31)/t22-/m1/s1. The summed E-state index contributed by atoms with van der Waals surface area (Å²) in [4.78, 5) is 25.1. The van der Waals surface area contributed by atoms with Crippen LogP contribution in [-0.4, -0.2) is 32.0 Å². The van der Waals surface area contributed by atoms with E-state index in [4.69, 9.17) is 23.2 Å². The maximum Gasteiger partial charge on any atom is 0.251 e. The molecule has 7 nitrogen and oxygen atoms in total. The van der Waals surface area contributed by atoms with Gasteiger partial charge < -0.3 is 16.0 Å². The molecule has 0 aromatic heterocycles. The van der Waals surface area contributed by atoms with Crippen molar-refractivity contribution >= 4 is 56.2 Å². The lowest BCUT2D eigenvalue weighted by molar-refractivity contribution is -0.116. The van der Waals surface area contributed by atoms with Crippen LogP contribution in [0.5, 0.6) is 0 Å². The van der Waals surface area contributed by atoms with Crippen molar-refractivity contribution in [3.63, 3.8) is 0 Å². The molecule has 0 spiro atoms. The minimum atomic E-state index is -3.63. The number of carbonyl (C=O) groups excluding carboxylic acids is 2. The lowest BCUT2D eigenvalue weighted by Gasteiger charge is -2.27. The number of fused-ring (bicyclic) bond motifs is 1. The van der Waals surface area contributed by atoms with Gasteiger partial charge in [-0.1, -0.05) is 53.5 Å². The first kappa shape index (κ1) is 24.1. The van der Waals surface area contributed by atoms with Gasteiger partial charge in [-0.2, -0.15) is 0 Å². The second kappa shape index (κ2) is 10.0. The van der Waals surface area contributed by atoms with Crippen LogP contribution in [0, 0.1) is 0 Å². The summed E-state index contributed by atoms with van der Waals surface area (Å²) in [5.41, 5.74) is 2.68. The Morgan fingerprint density at radius 2 is 1.71 bits per heavy atom. The quantitative estimate of drug-likeness (QED) is 0.434. The number of anilines is 2. The topological polar surface area (TPSA) is 104 Å². The Labute approximate surface area is 207 Å². The lowest BCUT2D eigenvalue weighted by atomic mass is 10.1. The second-order valence-electron chi connectivity index (χ2n) is 7.90. The van der Waals surface area contributed by atoms with E-state index in [1.807, 2.05) is 12.1 Å². The van der Waals surface area contributed by atoms with Gasteiger partial charge in [-0.05, 0) is 47.5 Å². The molecule has 1 atom stereocenters. The predicted octanol–water partition coefficient (Wildman–Crippen LogP) is 4.27. The molecule has 176 valence electrons. The number of benzene rings is 3. The fourth-order valence-corrected chi connectivity index (χ4v) is 5.55. The number of amides is 2. The molecule has 1 aliphatic heterocycles. The Morgan fingerprint density at radius 3 is 2.44 bits per heavy atom. The zero-order chi connectivity index (χ0) is 24.3. The number of nitrogens with one attached hydrogen (secondary N) is 3. The molecule has 1 heterocycles. The van der Waals surface area contributed by atoms with Gasteiger partial charge in [0, 0.05) is 22.2 Å². The van der Waals surface area contributed by atoms with Gasteiger partial charge in [-0.15, -0.1) is 0 Å². The van der Waals surface area contributed by atoms with E-state index >= 15 is 0 Å². The number of hydrogen-bond acceptors (Lipinski definition) is 5. The van der Waals surface area contributed by atoms with E-state index in [0.29, 0.717) is 39.1 Å². The van der Waals surface area contributed by atoms with Crippen LogP contribution in [0.4, 0.5) is 11.4 Å². The van der Waals surface area contributed by atoms with Crippen molar-refractivity contribution in [1.29, 1.82) is 0 Å². The molecule has 2 amide bonds. The molecule has 0 aliphatic carbocycles. The molecule has 3 N–H and O–H groups in total. The number of rotatable bonds is 7. The van der Waals surface area contributed by atoms with Gasteiger partial charge in [-0.3, -0.25) is 9.59 Å². The summed E-state index contributed by atoms with van der Waals surface area (Å²) in [6.07, 6.45) is 0. The Morgan fingerprint density at radius 1 is 0.971 bits per heavy atom. The van der Waals surface area contributed by atoms with Crippen LogP contribution in [0.3, 0.4) is 0 Å². The Hall–Kier alpha value is -3.07. The van der Waals surface area contributed by atoms with Gasteiger partial charge in [0.15, 0.2) is 9.84 Å². The highest BCUT2D eigenvalue weighted by atomic mass is 35.5. The molecular weight excluding hydrogens is 497 g/mol. The molecule has 3 aromatic carbocycles. The SMILES string of the molecule is O=C(NCc1ccc(Cl)cc1)c1ccc2c(c1)NC(=O)[C@@H](CS(=O)(=O)Cc1ccccc1Cl)N2. The Balaban J connectivity index is 1.41. The molecule has 10 heteroatoms. The van der Waals surface area contributed by atoms with Crippen LogP contribution in [-0.2, 0) is 26.9 Å². The molecule has 4 rings (SSSR count). The highest BCUT2D eigenvalue weighted by molar-refractivity contribution is 7.90. The van der Waals surface area contributed by atoms with Crippen LogP contribution in [0.25, 0.3) is 0 Å². The summed E-state index contributed by atoms with van der Waals surface area (Å²) in [6.45, 7) is 0.322. The van der Waals surface area contributed by atoms with Gasteiger partial charge >= 0.3 is 0 Å². The molecule has 0 fully saturated rings. The molecule has 1 aliphatic rings. The summed E-state index contributed by atoms with van der Waals surface area (Å²) in [5, 5.41) is 9.45. The molecule has 0 bridgehead atoms. The fraction of sp³-hybridized carbons (Fsp3) is 0.167. The van der Waals surface area contributed by atoms with Crippen LogP contribution in [0.1, 0.15) is 21.5 Å². The van der Waals surface area contributed by atoms with Gasteiger partial charge in [0.05, 0.1) is 22.9 Å². The van der Waals surface area contributed by atoms with Gasteiger partial charge in [0.2, 0.25) is 5.91 Å². The smallest absolute Gasteiger partial charge is 0.251 e.